The largest absolute Gasteiger partial charge is 0.493 e. The smallest absolute Gasteiger partial charge is 0.305 e. The molecule has 0 radical (unpaired) electrons. The predicted octanol–water partition coefficient (Wildman–Crippen LogP) is 3.53. The van der Waals surface area contributed by atoms with Crippen LogP contribution in [0, 0.1) is 0 Å². The highest BCUT2D eigenvalue weighted by Crippen LogP contribution is 2.22. The first-order valence-corrected chi connectivity index (χ1v) is 7.25. The first kappa shape index (κ1) is 15.8. The maximum absolute atomic E-state index is 11.1. The molecule has 0 aliphatic rings. The monoisotopic (exact) mass is 329 g/mol. The minimum Gasteiger partial charge on any atom is -0.493 e. The minimum absolute atomic E-state index is 0.122. The Morgan fingerprint density at radius 2 is 2.05 bits per heavy atom. The molecule has 0 heterocycles. The lowest BCUT2D eigenvalue weighted by Crippen LogP contribution is -2.04. The Labute approximate surface area is 122 Å². The van der Waals surface area contributed by atoms with Gasteiger partial charge in [0, 0.05) is 22.6 Å². The van der Waals surface area contributed by atoms with Crippen LogP contribution in [0.3, 0.4) is 0 Å². The van der Waals surface area contributed by atoms with Crippen molar-refractivity contribution in [2.75, 3.05) is 18.9 Å². The van der Waals surface area contributed by atoms with Crippen molar-refractivity contribution in [1.82, 2.24) is 0 Å². The van der Waals surface area contributed by atoms with Crippen molar-refractivity contribution < 1.29 is 14.3 Å². The summed E-state index contributed by atoms with van der Waals surface area (Å²) in [5, 5.41) is 0. The second-order valence-electron chi connectivity index (χ2n) is 4.18. The summed E-state index contributed by atoms with van der Waals surface area (Å²) in [6.07, 6.45) is 3.18. The number of anilines is 1. The summed E-state index contributed by atoms with van der Waals surface area (Å²) in [4.78, 5) is 11.1. The van der Waals surface area contributed by atoms with Gasteiger partial charge in [0.2, 0.25) is 0 Å². The number of carbonyl (C=O) groups excluding carboxylic acids is 1. The molecule has 1 rings (SSSR count). The molecule has 0 bridgehead atoms. The van der Waals surface area contributed by atoms with E-state index < -0.39 is 0 Å². The van der Waals surface area contributed by atoms with Gasteiger partial charge in [-0.25, -0.2) is 0 Å². The molecule has 0 aliphatic heterocycles. The highest BCUT2D eigenvalue weighted by atomic mass is 79.9. The number of halogens is 1. The van der Waals surface area contributed by atoms with Gasteiger partial charge in [0.1, 0.15) is 5.75 Å². The summed E-state index contributed by atoms with van der Waals surface area (Å²) in [6.45, 7) is 2.89. The highest BCUT2D eigenvalue weighted by molar-refractivity contribution is 9.10. The summed E-state index contributed by atoms with van der Waals surface area (Å²) in [5.74, 6) is 0.639. The Morgan fingerprint density at radius 1 is 1.26 bits per heavy atom. The number of carbonyl (C=O) groups is 1. The zero-order chi connectivity index (χ0) is 14.1. The number of esters is 1. The van der Waals surface area contributed by atoms with E-state index in [1.165, 1.54) is 0 Å². The predicted molar refractivity (Wildman–Crippen MR) is 79.2 cm³/mol. The van der Waals surface area contributed by atoms with Gasteiger partial charge < -0.3 is 15.2 Å². The van der Waals surface area contributed by atoms with Gasteiger partial charge in [0.05, 0.1) is 13.2 Å². The van der Waals surface area contributed by atoms with Crippen LogP contribution in [-0.4, -0.2) is 19.2 Å². The highest BCUT2D eigenvalue weighted by Gasteiger charge is 2.01. The molecular formula is C14H20BrNO3. The molecular weight excluding hydrogens is 310 g/mol. The standard InChI is InChI=1S/C14H20BrNO3/c1-2-18-14(17)6-4-3-5-7-19-13-9-11(15)8-12(16)10-13/h8-10H,2-7,16H2,1H3. The second-order valence-corrected chi connectivity index (χ2v) is 5.10. The van der Waals surface area contributed by atoms with Gasteiger partial charge in [-0.05, 0) is 38.3 Å². The number of nitrogen functional groups attached to an aromatic ring is 1. The number of benzene rings is 1. The van der Waals surface area contributed by atoms with Crippen LogP contribution in [0.2, 0.25) is 0 Å². The van der Waals surface area contributed by atoms with E-state index in [1.807, 2.05) is 19.1 Å². The van der Waals surface area contributed by atoms with Gasteiger partial charge in [-0.2, -0.15) is 0 Å². The van der Waals surface area contributed by atoms with Crippen LogP contribution in [0.15, 0.2) is 22.7 Å². The van der Waals surface area contributed by atoms with Crippen LogP contribution in [0.4, 0.5) is 5.69 Å². The zero-order valence-electron chi connectivity index (χ0n) is 11.2. The van der Waals surface area contributed by atoms with Gasteiger partial charge in [-0.15, -0.1) is 0 Å². The van der Waals surface area contributed by atoms with E-state index in [0.717, 1.165) is 29.5 Å². The molecule has 0 fully saturated rings. The van der Waals surface area contributed by atoms with Crippen LogP contribution in [-0.2, 0) is 9.53 Å². The number of rotatable bonds is 8. The molecule has 1 aromatic rings. The van der Waals surface area contributed by atoms with Crippen LogP contribution < -0.4 is 10.5 Å². The number of hydrogen-bond acceptors (Lipinski definition) is 4. The SMILES string of the molecule is CCOC(=O)CCCCCOc1cc(N)cc(Br)c1. The van der Waals surface area contributed by atoms with E-state index in [4.69, 9.17) is 15.2 Å². The molecule has 0 unspecified atom stereocenters. The van der Waals surface area contributed by atoms with E-state index in [2.05, 4.69) is 15.9 Å². The molecule has 0 aromatic heterocycles. The third-order valence-electron chi connectivity index (χ3n) is 2.49. The Balaban J connectivity index is 2.12. The van der Waals surface area contributed by atoms with Crippen molar-refractivity contribution in [2.24, 2.45) is 0 Å². The van der Waals surface area contributed by atoms with E-state index in [9.17, 15) is 4.79 Å². The van der Waals surface area contributed by atoms with Crippen LogP contribution >= 0.6 is 15.9 Å². The van der Waals surface area contributed by atoms with Crippen molar-refractivity contribution in [3.8, 4) is 5.75 Å². The van der Waals surface area contributed by atoms with Crippen molar-refractivity contribution in [2.45, 2.75) is 32.6 Å². The van der Waals surface area contributed by atoms with Gasteiger partial charge >= 0.3 is 5.97 Å². The maximum atomic E-state index is 11.1. The first-order chi connectivity index (χ1) is 9.11. The van der Waals surface area contributed by atoms with Gasteiger partial charge in [0.15, 0.2) is 0 Å². The lowest BCUT2D eigenvalue weighted by atomic mass is 10.2. The van der Waals surface area contributed by atoms with Crippen molar-refractivity contribution >= 4 is 27.6 Å². The lowest BCUT2D eigenvalue weighted by Gasteiger charge is -2.07. The Morgan fingerprint density at radius 3 is 2.74 bits per heavy atom. The van der Waals surface area contributed by atoms with Gasteiger partial charge in [-0.3, -0.25) is 4.79 Å². The van der Waals surface area contributed by atoms with E-state index in [-0.39, 0.29) is 5.97 Å². The third-order valence-corrected chi connectivity index (χ3v) is 2.95. The molecule has 0 atom stereocenters. The van der Waals surface area contributed by atoms with E-state index >= 15 is 0 Å². The van der Waals surface area contributed by atoms with E-state index in [1.54, 1.807) is 6.07 Å². The first-order valence-electron chi connectivity index (χ1n) is 6.46. The molecule has 106 valence electrons. The summed E-state index contributed by atoms with van der Waals surface area (Å²) in [7, 11) is 0. The average molecular weight is 330 g/mol. The average Bonchev–Trinajstić information content (AvgIpc) is 2.32. The quantitative estimate of drug-likeness (QED) is 0.450. The number of unbranched alkanes of at least 4 members (excludes halogenated alkanes) is 2. The Hall–Kier alpha value is -1.23. The van der Waals surface area contributed by atoms with Crippen LogP contribution in [0.5, 0.6) is 5.75 Å². The van der Waals surface area contributed by atoms with Gasteiger partial charge in [0.25, 0.3) is 0 Å². The number of ether oxygens (including phenoxy) is 2. The second kappa shape index (κ2) is 8.80. The normalized spacial score (nSPS) is 10.2. The summed E-state index contributed by atoms with van der Waals surface area (Å²) in [6, 6.07) is 5.50. The molecule has 0 spiro atoms. The fourth-order valence-corrected chi connectivity index (χ4v) is 2.13. The Kier molecular flexibility index (Phi) is 7.33. The van der Waals surface area contributed by atoms with E-state index in [0.29, 0.717) is 25.3 Å². The fourth-order valence-electron chi connectivity index (χ4n) is 1.64. The Bertz CT molecular complexity index is 389. The van der Waals surface area contributed by atoms with Crippen molar-refractivity contribution in [1.29, 1.82) is 0 Å². The maximum Gasteiger partial charge on any atom is 0.305 e. The number of nitrogens with two attached hydrogens (primary N) is 1. The molecule has 0 aliphatic carbocycles. The number of hydrogen-bond donors (Lipinski definition) is 1. The summed E-state index contributed by atoms with van der Waals surface area (Å²) in [5.41, 5.74) is 6.38. The molecule has 0 saturated carbocycles. The third kappa shape index (κ3) is 7.06. The molecule has 0 saturated heterocycles. The molecule has 2 N–H and O–H groups in total. The molecule has 1 aromatic carbocycles. The van der Waals surface area contributed by atoms with Crippen LogP contribution in [0.25, 0.3) is 0 Å². The topological polar surface area (TPSA) is 61.5 Å². The van der Waals surface area contributed by atoms with Crippen molar-refractivity contribution in [3.63, 3.8) is 0 Å². The summed E-state index contributed by atoms with van der Waals surface area (Å²) < 4.78 is 11.4. The lowest BCUT2D eigenvalue weighted by molar-refractivity contribution is -0.143. The molecule has 5 heteroatoms. The zero-order valence-corrected chi connectivity index (χ0v) is 12.7. The summed E-state index contributed by atoms with van der Waals surface area (Å²) >= 11 is 3.37. The molecule has 19 heavy (non-hydrogen) atoms. The molecule has 4 nitrogen and oxygen atoms in total. The van der Waals surface area contributed by atoms with Crippen LogP contribution in [0.1, 0.15) is 32.6 Å². The fraction of sp³-hybridized carbons (Fsp3) is 0.500. The minimum atomic E-state index is -0.122. The molecule has 0 amide bonds. The van der Waals surface area contributed by atoms with Crippen molar-refractivity contribution in [3.05, 3.63) is 22.7 Å². The van der Waals surface area contributed by atoms with Gasteiger partial charge in [-0.1, -0.05) is 15.9 Å².